The third-order valence-corrected chi connectivity index (χ3v) is 7.94. The van der Waals surface area contributed by atoms with Crippen LogP contribution in [0.15, 0.2) is 52.3 Å². The quantitative estimate of drug-likeness (QED) is 0.637. The number of rotatable bonds is 4. The van der Waals surface area contributed by atoms with Crippen LogP contribution in [-0.4, -0.2) is 57.3 Å². The van der Waals surface area contributed by atoms with Gasteiger partial charge < -0.3 is 14.5 Å². The lowest BCUT2D eigenvalue weighted by Gasteiger charge is -2.32. The van der Waals surface area contributed by atoms with Crippen molar-refractivity contribution < 1.29 is 27.5 Å². The van der Waals surface area contributed by atoms with Crippen molar-refractivity contribution in [3.63, 3.8) is 0 Å². The van der Waals surface area contributed by atoms with Crippen LogP contribution in [0.3, 0.4) is 0 Å². The maximum atomic E-state index is 13.4. The number of benzene rings is 2. The summed E-state index contributed by atoms with van der Waals surface area (Å²) in [5.74, 6) is -1.44. The van der Waals surface area contributed by atoms with Gasteiger partial charge in [0.2, 0.25) is 9.84 Å². The minimum absolute atomic E-state index is 0.0118. The van der Waals surface area contributed by atoms with Crippen LogP contribution < -0.4 is 4.90 Å². The monoisotopic (exact) mass is 470 g/mol. The Balaban J connectivity index is 1.72. The number of anilines is 1. The molecule has 33 heavy (non-hydrogen) atoms. The van der Waals surface area contributed by atoms with Crippen molar-refractivity contribution in [1.29, 1.82) is 0 Å². The van der Waals surface area contributed by atoms with Crippen molar-refractivity contribution in [3.05, 3.63) is 53.6 Å². The summed E-state index contributed by atoms with van der Waals surface area (Å²) in [7, 11) is -3.96. The number of fused-ring (bicyclic) bond motifs is 2. The van der Waals surface area contributed by atoms with E-state index in [2.05, 4.69) is 0 Å². The number of sulfone groups is 1. The number of amides is 2. The molecule has 2 amide bonds. The molecule has 2 aromatic rings. The molecular weight excluding hydrogens is 444 g/mol. The summed E-state index contributed by atoms with van der Waals surface area (Å²) in [6.45, 7) is 4.76. The summed E-state index contributed by atoms with van der Waals surface area (Å²) < 4.78 is 31.8. The summed E-state index contributed by atoms with van der Waals surface area (Å²) in [6.07, 6.45) is 1.32. The highest BCUT2D eigenvalue weighted by Crippen LogP contribution is 2.37. The van der Waals surface area contributed by atoms with Gasteiger partial charge >= 0.3 is 5.97 Å². The minimum atomic E-state index is -3.96. The highest BCUT2D eigenvalue weighted by molar-refractivity contribution is 7.91. The molecule has 0 aromatic heterocycles. The Bertz CT molecular complexity index is 1220. The molecule has 2 aromatic carbocycles. The van der Waals surface area contributed by atoms with E-state index in [1.54, 1.807) is 30.9 Å². The maximum absolute atomic E-state index is 13.4. The summed E-state index contributed by atoms with van der Waals surface area (Å²) >= 11 is 0. The highest BCUT2D eigenvalue weighted by Gasteiger charge is 2.36. The molecule has 0 saturated carbocycles. The molecule has 2 heterocycles. The van der Waals surface area contributed by atoms with E-state index in [-0.39, 0.29) is 64.1 Å². The summed E-state index contributed by atoms with van der Waals surface area (Å²) in [5, 5.41) is 0. The first-order valence-electron chi connectivity index (χ1n) is 11.1. The van der Waals surface area contributed by atoms with Gasteiger partial charge in [0.25, 0.3) is 11.8 Å². The minimum Gasteiger partial charge on any atom is -0.466 e. The van der Waals surface area contributed by atoms with Gasteiger partial charge in [0, 0.05) is 25.2 Å². The van der Waals surface area contributed by atoms with Crippen LogP contribution in [0.4, 0.5) is 5.69 Å². The topological polar surface area (TPSA) is 101 Å². The van der Waals surface area contributed by atoms with E-state index in [0.29, 0.717) is 19.4 Å². The third-order valence-electron chi connectivity index (χ3n) is 6.08. The SMILES string of the molecule is CCOC(=O)[C@H]1CCCN(C(=O)c2ccc3c(c2)N(CC)C(=O)c2ccccc2S3(=O)=O)C1. The summed E-state index contributed by atoms with van der Waals surface area (Å²) in [5.41, 5.74) is 0.561. The number of hydrogen-bond acceptors (Lipinski definition) is 6. The molecule has 0 radical (unpaired) electrons. The van der Waals surface area contributed by atoms with E-state index in [1.807, 2.05) is 0 Å². The fraction of sp³-hybridized carbons (Fsp3) is 0.375. The number of carbonyl (C=O) groups excluding carboxylic acids is 3. The van der Waals surface area contributed by atoms with Crippen molar-refractivity contribution in [2.24, 2.45) is 5.92 Å². The molecule has 8 nitrogen and oxygen atoms in total. The van der Waals surface area contributed by atoms with Crippen LogP contribution in [0.25, 0.3) is 0 Å². The van der Waals surface area contributed by atoms with Gasteiger partial charge in [-0.1, -0.05) is 12.1 Å². The number of piperidine rings is 1. The molecule has 0 aliphatic carbocycles. The molecule has 9 heteroatoms. The van der Waals surface area contributed by atoms with Gasteiger partial charge in [0.05, 0.1) is 33.6 Å². The number of likely N-dealkylation sites (tertiary alicyclic amines) is 1. The van der Waals surface area contributed by atoms with Crippen LogP contribution in [-0.2, 0) is 19.4 Å². The molecule has 0 bridgehead atoms. The smallest absolute Gasteiger partial charge is 0.310 e. The Kier molecular flexibility index (Phi) is 6.25. The average Bonchev–Trinajstić information content (AvgIpc) is 2.90. The highest BCUT2D eigenvalue weighted by atomic mass is 32.2. The summed E-state index contributed by atoms with van der Waals surface area (Å²) in [6, 6.07) is 10.5. The second-order valence-electron chi connectivity index (χ2n) is 8.07. The van der Waals surface area contributed by atoms with Crippen molar-refractivity contribution in [2.45, 2.75) is 36.5 Å². The third kappa shape index (κ3) is 4.01. The number of hydrogen-bond donors (Lipinski definition) is 0. The largest absolute Gasteiger partial charge is 0.466 e. The zero-order valence-electron chi connectivity index (χ0n) is 18.6. The molecule has 2 aliphatic heterocycles. The van der Waals surface area contributed by atoms with E-state index in [9.17, 15) is 22.8 Å². The van der Waals surface area contributed by atoms with E-state index in [0.717, 1.165) is 0 Å². The molecule has 0 unspecified atom stereocenters. The van der Waals surface area contributed by atoms with Gasteiger partial charge in [-0.15, -0.1) is 0 Å². The van der Waals surface area contributed by atoms with Crippen molar-refractivity contribution in [2.75, 3.05) is 31.1 Å². The zero-order valence-corrected chi connectivity index (χ0v) is 19.4. The van der Waals surface area contributed by atoms with Crippen LogP contribution in [0.5, 0.6) is 0 Å². The molecule has 1 atom stereocenters. The zero-order chi connectivity index (χ0) is 23.8. The first-order valence-corrected chi connectivity index (χ1v) is 12.5. The van der Waals surface area contributed by atoms with E-state index >= 15 is 0 Å². The molecule has 1 fully saturated rings. The summed E-state index contributed by atoms with van der Waals surface area (Å²) in [4.78, 5) is 41.5. The fourth-order valence-corrected chi connectivity index (χ4v) is 6.08. The molecule has 4 rings (SSSR count). The molecule has 2 aliphatic rings. The van der Waals surface area contributed by atoms with Crippen molar-refractivity contribution in [1.82, 2.24) is 4.90 Å². The lowest BCUT2D eigenvalue weighted by atomic mass is 9.97. The molecule has 174 valence electrons. The van der Waals surface area contributed by atoms with E-state index in [1.165, 1.54) is 35.2 Å². The Hall–Kier alpha value is -3.20. The average molecular weight is 471 g/mol. The Labute approximate surface area is 193 Å². The first-order chi connectivity index (χ1) is 15.8. The van der Waals surface area contributed by atoms with Crippen molar-refractivity contribution in [3.8, 4) is 0 Å². The second-order valence-corrected chi connectivity index (χ2v) is 9.96. The molecule has 1 saturated heterocycles. The Morgan fingerprint density at radius 2 is 1.85 bits per heavy atom. The number of ether oxygens (including phenoxy) is 1. The predicted octanol–water partition coefficient (Wildman–Crippen LogP) is 2.91. The second kappa shape index (κ2) is 8.97. The molecule has 0 N–H and O–H groups in total. The number of esters is 1. The number of nitrogens with zero attached hydrogens (tertiary/aromatic N) is 2. The van der Waals surface area contributed by atoms with Gasteiger partial charge in [-0.3, -0.25) is 14.4 Å². The number of carbonyl (C=O) groups is 3. The standard InChI is InChI=1S/C24H26N2O6S/c1-3-26-19-14-16(22(27)25-13-7-8-17(15-25)24(29)32-4-2)11-12-21(19)33(30,31)20-10-6-5-9-18(20)23(26)28/h5-6,9-12,14,17H,3-4,7-8,13,15H2,1-2H3/t17-/m0/s1. The lowest BCUT2D eigenvalue weighted by Crippen LogP contribution is -2.43. The Morgan fingerprint density at radius 1 is 1.09 bits per heavy atom. The van der Waals surface area contributed by atoms with Crippen LogP contribution in [0, 0.1) is 5.92 Å². The van der Waals surface area contributed by atoms with Crippen LogP contribution >= 0.6 is 0 Å². The van der Waals surface area contributed by atoms with Crippen LogP contribution in [0.2, 0.25) is 0 Å². The van der Waals surface area contributed by atoms with Crippen LogP contribution in [0.1, 0.15) is 47.4 Å². The first kappa shape index (κ1) is 23.0. The van der Waals surface area contributed by atoms with Gasteiger partial charge in [-0.05, 0) is 57.0 Å². The molecule has 0 spiro atoms. The lowest BCUT2D eigenvalue weighted by molar-refractivity contribution is -0.149. The van der Waals surface area contributed by atoms with Gasteiger partial charge in [0.1, 0.15) is 0 Å². The maximum Gasteiger partial charge on any atom is 0.310 e. The predicted molar refractivity (Wildman–Crippen MR) is 121 cm³/mol. The fourth-order valence-electron chi connectivity index (χ4n) is 4.45. The van der Waals surface area contributed by atoms with Crippen molar-refractivity contribution >= 4 is 33.3 Å². The normalized spacial score (nSPS) is 19.3. The van der Waals surface area contributed by atoms with Gasteiger partial charge in [-0.25, -0.2) is 8.42 Å². The molecular formula is C24H26N2O6S. The van der Waals surface area contributed by atoms with E-state index in [4.69, 9.17) is 4.74 Å². The Morgan fingerprint density at radius 3 is 2.58 bits per heavy atom. The van der Waals surface area contributed by atoms with E-state index < -0.39 is 15.7 Å². The van der Waals surface area contributed by atoms with Gasteiger partial charge in [0.15, 0.2) is 0 Å². The van der Waals surface area contributed by atoms with Gasteiger partial charge in [-0.2, -0.15) is 0 Å².